The maximum Gasteiger partial charge on any atom is 0.435 e. The quantitative estimate of drug-likeness (QED) is 0.793. The summed E-state index contributed by atoms with van der Waals surface area (Å²) in [6.07, 6.45) is -0.171. The predicted octanol–water partition coefficient (Wildman–Crippen LogP) is 1.75. The number of carbonyl (C=O) groups excluding carboxylic acids is 1. The standard InChI is InChI=1S/C14H19F3N4O/c1-19-9-11(12(18-19)14(15,16)17)13(22)21-7-6-20-5-3-2-4-10(20)8-21/h9-10H,2-8H2,1H3/t10-/m1/s1. The lowest BCUT2D eigenvalue weighted by atomic mass is 9.99. The summed E-state index contributed by atoms with van der Waals surface area (Å²) in [5.41, 5.74) is -1.44. The smallest absolute Gasteiger partial charge is 0.336 e. The van der Waals surface area contributed by atoms with Crippen LogP contribution in [0.3, 0.4) is 0 Å². The minimum absolute atomic E-state index is 0.275. The molecule has 8 heteroatoms. The number of piperidine rings is 1. The molecule has 0 aliphatic carbocycles. The molecule has 1 aromatic heterocycles. The van der Waals surface area contributed by atoms with E-state index in [0.717, 1.165) is 37.0 Å². The van der Waals surface area contributed by atoms with E-state index in [0.29, 0.717) is 13.1 Å². The van der Waals surface area contributed by atoms with Gasteiger partial charge in [-0.3, -0.25) is 14.4 Å². The molecule has 22 heavy (non-hydrogen) atoms. The van der Waals surface area contributed by atoms with Crippen LogP contribution in [0, 0.1) is 0 Å². The van der Waals surface area contributed by atoms with E-state index in [1.54, 1.807) is 4.90 Å². The molecule has 122 valence electrons. The van der Waals surface area contributed by atoms with Crippen molar-refractivity contribution in [3.8, 4) is 0 Å². The predicted molar refractivity (Wildman–Crippen MR) is 73.3 cm³/mol. The van der Waals surface area contributed by atoms with E-state index < -0.39 is 17.8 Å². The van der Waals surface area contributed by atoms with Gasteiger partial charge in [0.15, 0.2) is 5.69 Å². The lowest BCUT2D eigenvalue weighted by Crippen LogP contribution is -2.56. The van der Waals surface area contributed by atoms with Crippen LogP contribution < -0.4 is 0 Å². The molecule has 0 aromatic carbocycles. The van der Waals surface area contributed by atoms with Crippen molar-refractivity contribution in [3.63, 3.8) is 0 Å². The summed E-state index contributed by atoms with van der Waals surface area (Å²) in [4.78, 5) is 16.4. The molecular formula is C14H19F3N4O. The van der Waals surface area contributed by atoms with Crippen molar-refractivity contribution in [1.29, 1.82) is 0 Å². The first kappa shape index (κ1) is 15.3. The third-order valence-corrected chi connectivity index (χ3v) is 4.45. The number of halogens is 3. The summed E-state index contributed by atoms with van der Waals surface area (Å²) in [6, 6.07) is 0.275. The normalized spacial score (nSPS) is 23.5. The zero-order chi connectivity index (χ0) is 15.9. The van der Waals surface area contributed by atoms with Gasteiger partial charge < -0.3 is 4.90 Å². The Morgan fingerprint density at radius 1 is 1.27 bits per heavy atom. The van der Waals surface area contributed by atoms with Crippen LogP contribution in [-0.2, 0) is 13.2 Å². The Hall–Kier alpha value is -1.57. The Kier molecular flexibility index (Phi) is 3.88. The monoisotopic (exact) mass is 316 g/mol. The molecule has 0 radical (unpaired) electrons. The van der Waals surface area contributed by atoms with Crippen LogP contribution in [-0.4, -0.2) is 57.7 Å². The van der Waals surface area contributed by atoms with E-state index in [9.17, 15) is 18.0 Å². The number of alkyl halides is 3. The Labute approximate surface area is 126 Å². The number of rotatable bonds is 1. The molecule has 2 fully saturated rings. The zero-order valence-corrected chi connectivity index (χ0v) is 12.4. The summed E-state index contributed by atoms with van der Waals surface area (Å²) in [6.45, 7) is 2.73. The molecule has 1 atom stereocenters. The van der Waals surface area contributed by atoms with Gasteiger partial charge in [-0.2, -0.15) is 18.3 Å². The number of fused-ring (bicyclic) bond motifs is 1. The second kappa shape index (κ2) is 5.57. The van der Waals surface area contributed by atoms with Crippen molar-refractivity contribution in [2.45, 2.75) is 31.5 Å². The molecule has 0 bridgehead atoms. The van der Waals surface area contributed by atoms with Crippen molar-refractivity contribution < 1.29 is 18.0 Å². The van der Waals surface area contributed by atoms with Gasteiger partial charge in [0.1, 0.15) is 0 Å². The zero-order valence-electron chi connectivity index (χ0n) is 12.4. The number of amides is 1. The van der Waals surface area contributed by atoms with Crippen molar-refractivity contribution in [2.24, 2.45) is 7.05 Å². The Morgan fingerprint density at radius 2 is 2.05 bits per heavy atom. The van der Waals surface area contributed by atoms with Gasteiger partial charge >= 0.3 is 6.18 Å². The SMILES string of the molecule is Cn1cc(C(=O)N2CCN3CCCC[C@@H]3C2)c(C(F)(F)F)n1. The van der Waals surface area contributed by atoms with Crippen molar-refractivity contribution in [2.75, 3.05) is 26.2 Å². The highest BCUT2D eigenvalue weighted by Gasteiger charge is 2.41. The second-order valence-corrected chi connectivity index (χ2v) is 6.00. The molecule has 0 N–H and O–H groups in total. The van der Waals surface area contributed by atoms with Gasteiger partial charge in [-0.25, -0.2) is 0 Å². The van der Waals surface area contributed by atoms with Crippen LogP contribution in [0.2, 0.25) is 0 Å². The third kappa shape index (κ3) is 2.84. The molecule has 0 unspecified atom stereocenters. The van der Waals surface area contributed by atoms with Gasteiger partial charge in [-0.15, -0.1) is 0 Å². The van der Waals surface area contributed by atoms with Gasteiger partial charge in [0.05, 0.1) is 5.56 Å². The number of nitrogens with zero attached hydrogens (tertiary/aromatic N) is 4. The molecule has 1 aromatic rings. The first-order chi connectivity index (χ1) is 10.4. The topological polar surface area (TPSA) is 41.4 Å². The molecule has 0 spiro atoms. The van der Waals surface area contributed by atoms with Gasteiger partial charge in [0.2, 0.25) is 0 Å². The minimum Gasteiger partial charge on any atom is -0.336 e. The maximum absolute atomic E-state index is 13.0. The number of hydrogen-bond acceptors (Lipinski definition) is 3. The summed E-state index contributed by atoms with van der Waals surface area (Å²) < 4.78 is 40.1. The molecule has 1 amide bonds. The van der Waals surface area contributed by atoms with Crippen LogP contribution in [0.25, 0.3) is 0 Å². The fourth-order valence-electron chi connectivity index (χ4n) is 3.37. The van der Waals surface area contributed by atoms with Crippen molar-refractivity contribution in [3.05, 3.63) is 17.5 Å². The molecule has 3 heterocycles. The van der Waals surface area contributed by atoms with E-state index in [1.165, 1.54) is 13.2 Å². The summed E-state index contributed by atoms with van der Waals surface area (Å²) in [5, 5.41) is 3.41. The number of carbonyl (C=O) groups is 1. The van der Waals surface area contributed by atoms with Gasteiger partial charge in [-0.05, 0) is 19.4 Å². The first-order valence-corrected chi connectivity index (χ1v) is 7.50. The second-order valence-electron chi connectivity index (χ2n) is 6.00. The van der Waals surface area contributed by atoms with E-state index in [2.05, 4.69) is 10.00 Å². The van der Waals surface area contributed by atoms with Crippen LogP contribution in [0.4, 0.5) is 13.2 Å². The molecule has 5 nitrogen and oxygen atoms in total. The fourth-order valence-corrected chi connectivity index (χ4v) is 3.37. The maximum atomic E-state index is 13.0. The van der Waals surface area contributed by atoms with Crippen LogP contribution >= 0.6 is 0 Å². The third-order valence-electron chi connectivity index (χ3n) is 4.45. The fraction of sp³-hybridized carbons (Fsp3) is 0.714. The number of hydrogen-bond donors (Lipinski definition) is 0. The molecule has 3 rings (SSSR count). The first-order valence-electron chi connectivity index (χ1n) is 7.50. The van der Waals surface area contributed by atoms with Gasteiger partial charge in [0.25, 0.3) is 5.91 Å². The Morgan fingerprint density at radius 3 is 2.77 bits per heavy atom. The largest absolute Gasteiger partial charge is 0.435 e. The van der Waals surface area contributed by atoms with Crippen LogP contribution in [0.1, 0.15) is 35.3 Å². The van der Waals surface area contributed by atoms with E-state index in [1.807, 2.05) is 0 Å². The average Bonchev–Trinajstić information content (AvgIpc) is 2.88. The summed E-state index contributed by atoms with van der Waals surface area (Å²) in [7, 11) is 1.39. The van der Waals surface area contributed by atoms with Crippen LogP contribution in [0.5, 0.6) is 0 Å². The van der Waals surface area contributed by atoms with Crippen LogP contribution in [0.15, 0.2) is 6.20 Å². The van der Waals surface area contributed by atoms with Crippen molar-refractivity contribution in [1.82, 2.24) is 19.6 Å². The van der Waals surface area contributed by atoms with Crippen molar-refractivity contribution >= 4 is 5.91 Å². The minimum atomic E-state index is -4.61. The molecular weight excluding hydrogens is 297 g/mol. The lowest BCUT2D eigenvalue weighted by molar-refractivity contribution is -0.141. The van der Waals surface area contributed by atoms with E-state index >= 15 is 0 Å². The molecule has 2 aliphatic rings. The highest BCUT2D eigenvalue weighted by Crippen LogP contribution is 2.31. The Balaban J connectivity index is 1.80. The highest BCUT2D eigenvalue weighted by molar-refractivity contribution is 5.95. The molecule has 0 saturated carbocycles. The van der Waals surface area contributed by atoms with Gasteiger partial charge in [-0.1, -0.05) is 6.42 Å². The number of piperazine rings is 1. The number of aromatic nitrogens is 2. The highest BCUT2D eigenvalue weighted by atomic mass is 19.4. The van der Waals surface area contributed by atoms with E-state index in [-0.39, 0.29) is 11.6 Å². The molecule has 2 saturated heterocycles. The summed E-state index contributed by atoms with van der Waals surface area (Å²) in [5.74, 6) is -0.564. The number of aryl methyl sites for hydroxylation is 1. The van der Waals surface area contributed by atoms with Gasteiger partial charge in [0, 0.05) is 38.9 Å². The Bertz CT molecular complexity index is 569. The lowest BCUT2D eigenvalue weighted by Gasteiger charge is -2.44. The average molecular weight is 316 g/mol. The summed E-state index contributed by atoms with van der Waals surface area (Å²) >= 11 is 0. The molecule has 2 aliphatic heterocycles. The van der Waals surface area contributed by atoms with E-state index in [4.69, 9.17) is 0 Å².